The molecule has 4 rings (SSSR count). The van der Waals surface area contributed by atoms with Crippen LogP contribution in [0.15, 0.2) is 42.5 Å². The molecule has 0 aromatic heterocycles. The Morgan fingerprint density at radius 3 is 2.29 bits per heavy atom. The van der Waals surface area contributed by atoms with Crippen LogP contribution in [0.5, 0.6) is 5.75 Å². The second kappa shape index (κ2) is 9.41. The van der Waals surface area contributed by atoms with E-state index in [1.54, 1.807) is 24.3 Å². The largest absolute Gasteiger partial charge is 0.492 e. The van der Waals surface area contributed by atoms with Gasteiger partial charge in [-0.1, -0.05) is 18.2 Å². The minimum absolute atomic E-state index is 0.0606. The molecular formula is C24H21F6N3O2. The summed E-state index contributed by atoms with van der Waals surface area (Å²) in [6.45, 7) is 0.467. The SMILES string of the molecule is N#Cc1ccc(C2CC(COc3ccc(C4CCNC4=O)cc3)NC2C(F)(F)F)cc1C(F)(F)F. The minimum atomic E-state index is -4.87. The number of nitriles is 1. The van der Waals surface area contributed by atoms with E-state index in [0.717, 1.165) is 17.7 Å². The number of halogens is 6. The number of carbonyl (C=O) groups is 1. The fourth-order valence-corrected chi connectivity index (χ4v) is 4.68. The van der Waals surface area contributed by atoms with Gasteiger partial charge < -0.3 is 10.1 Å². The van der Waals surface area contributed by atoms with E-state index in [-0.39, 0.29) is 30.4 Å². The highest BCUT2D eigenvalue weighted by atomic mass is 19.4. The lowest BCUT2D eigenvalue weighted by Crippen LogP contribution is -2.44. The number of hydrogen-bond acceptors (Lipinski definition) is 4. The van der Waals surface area contributed by atoms with Crippen LogP contribution in [0.4, 0.5) is 26.3 Å². The van der Waals surface area contributed by atoms with Crippen LogP contribution in [0.1, 0.15) is 46.9 Å². The number of amides is 1. The van der Waals surface area contributed by atoms with Gasteiger partial charge in [0.25, 0.3) is 0 Å². The molecule has 2 aliphatic rings. The van der Waals surface area contributed by atoms with E-state index in [2.05, 4.69) is 10.6 Å². The molecule has 4 unspecified atom stereocenters. The summed E-state index contributed by atoms with van der Waals surface area (Å²) in [6.07, 6.45) is -8.99. The molecule has 0 bridgehead atoms. The average Bonchev–Trinajstić information content (AvgIpc) is 3.43. The summed E-state index contributed by atoms with van der Waals surface area (Å²) in [5.74, 6) is -1.18. The quantitative estimate of drug-likeness (QED) is 0.591. The van der Waals surface area contributed by atoms with Gasteiger partial charge >= 0.3 is 12.4 Å². The average molecular weight is 497 g/mol. The van der Waals surface area contributed by atoms with E-state index >= 15 is 0 Å². The smallest absolute Gasteiger partial charge is 0.417 e. The van der Waals surface area contributed by atoms with E-state index in [4.69, 9.17) is 10.00 Å². The molecule has 2 aromatic rings. The second-order valence-electron chi connectivity index (χ2n) is 8.65. The maximum Gasteiger partial charge on any atom is 0.417 e. The number of rotatable bonds is 5. The second-order valence-corrected chi connectivity index (χ2v) is 8.65. The van der Waals surface area contributed by atoms with E-state index in [1.165, 1.54) is 6.07 Å². The molecule has 1 amide bonds. The molecule has 0 spiro atoms. The molecule has 2 aromatic carbocycles. The van der Waals surface area contributed by atoms with Crippen LogP contribution in [0.3, 0.4) is 0 Å². The monoisotopic (exact) mass is 497 g/mol. The summed E-state index contributed by atoms with van der Waals surface area (Å²) in [4.78, 5) is 11.8. The lowest BCUT2D eigenvalue weighted by Gasteiger charge is -2.23. The van der Waals surface area contributed by atoms with Crippen LogP contribution in [0.2, 0.25) is 0 Å². The predicted octanol–water partition coefficient (Wildman–Crippen LogP) is 4.64. The molecule has 2 N–H and O–H groups in total. The van der Waals surface area contributed by atoms with Crippen molar-refractivity contribution < 1.29 is 35.9 Å². The van der Waals surface area contributed by atoms with Crippen molar-refractivity contribution in [2.45, 2.75) is 49.1 Å². The third-order valence-corrected chi connectivity index (χ3v) is 6.39. The van der Waals surface area contributed by atoms with Crippen molar-refractivity contribution in [2.75, 3.05) is 13.2 Å². The van der Waals surface area contributed by atoms with Crippen LogP contribution >= 0.6 is 0 Å². The number of carbonyl (C=O) groups excluding carboxylic acids is 1. The fourth-order valence-electron chi connectivity index (χ4n) is 4.68. The summed E-state index contributed by atoms with van der Waals surface area (Å²) in [6, 6.07) is 7.99. The number of nitrogens with zero attached hydrogens (tertiary/aromatic N) is 1. The summed E-state index contributed by atoms with van der Waals surface area (Å²) >= 11 is 0. The van der Waals surface area contributed by atoms with Crippen molar-refractivity contribution in [1.29, 1.82) is 5.26 Å². The van der Waals surface area contributed by atoms with E-state index in [9.17, 15) is 31.1 Å². The van der Waals surface area contributed by atoms with Crippen molar-refractivity contribution in [3.05, 3.63) is 64.7 Å². The van der Waals surface area contributed by atoms with E-state index in [1.807, 2.05) is 0 Å². The van der Waals surface area contributed by atoms with Gasteiger partial charge in [-0.3, -0.25) is 10.1 Å². The highest BCUT2D eigenvalue weighted by Gasteiger charge is 2.51. The van der Waals surface area contributed by atoms with Crippen LogP contribution < -0.4 is 15.4 Å². The molecule has 2 fully saturated rings. The molecule has 35 heavy (non-hydrogen) atoms. The maximum atomic E-state index is 13.7. The first-order valence-electron chi connectivity index (χ1n) is 10.9. The third-order valence-electron chi connectivity index (χ3n) is 6.39. The van der Waals surface area contributed by atoms with Gasteiger partial charge in [-0.25, -0.2) is 0 Å². The van der Waals surface area contributed by atoms with Gasteiger partial charge in [0.15, 0.2) is 0 Å². The Balaban J connectivity index is 1.48. The summed E-state index contributed by atoms with van der Waals surface area (Å²) < 4.78 is 86.8. The highest BCUT2D eigenvalue weighted by molar-refractivity contribution is 5.85. The molecule has 186 valence electrons. The number of hydrogen-bond donors (Lipinski definition) is 2. The highest BCUT2D eigenvalue weighted by Crippen LogP contribution is 2.42. The van der Waals surface area contributed by atoms with Gasteiger partial charge in [-0.2, -0.15) is 31.6 Å². The van der Waals surface area contributed by atoms with Crippen molar-refractivity contribution >= 4 is 5.91 Å². The summed E-state index contributed by atoms with van der Waals surface area (Å²) in [7, 11) is 0. The van der Waals surface area contributed by atoms with Crippen LogP contribution in [-0.2, 0) is 11.0 Å². The van der Waals surface area contributed by atoms with Gasteiger partial charge in [0.1, 0.15) is 18.4 Å². The zero-order valence-corrected chi connectivity index (χ0v) is 18.2. The van der Waals surface area contributed by atoms with E-state index in [0.29, 0.717) is 24.8 Å². The molecule has 2 saturated heterocycles. The Bertz CT molecular complexity index is 1120. The summed E-state index contributed by atoms with van der Waals surface area (Å²) in [5, 5.41) is 14.2. The minimum Gasteiger partial charge on any atom is -0.492 e. The summed E-state index contributed by atoms with van der Waals surface area (Å²) in [5.41, 5.74) is -1.24. The molecule has 0 saturated carbocycles. The van der Waals surface area contributed by atoms with Gasteiger partial charge in [-0.05, 0) is 48.2 Å². The molecule has 0 aliphatic carbocycles. The Labute approximate surface area is 197 Å². The molecule has 2 heterocycles. The molecule has 2 aliphatic heterocycles. The Morgan fingerprint density at radius 2 is 1.71 bits per heavy atom. The van der Waals surface area contributed by atoms with Crippen LogP contribution in [0.25, 0.3) is 0 Å². The normalized spacial score (nSPS) is 24.8. The Hall–Kier alpha value is -3.26. The molecule has 0 radical (unpaired) electrons. The van der Waals surface area contributed by atoms with E-state index < -0.39 is 41.5 Å². The zero-order valence-electron chi connectivity index (χ0n) is 18.2. The predicted molar refractivity (Wildman–Crippen MR) is 113 cm³/mol. The van der Waals surface area contributed by atoms with Crippen molar-refractivity contribution in [2.24, 2.45) is 0 Å². The zero-order chi connectivity index (χ0) is 25.4. The first kappa shape index (κ1) is 24.9. The number of alkyl halides is 6. The molecule has 5 nitrogen and oxygen atoms in total. The molecule has 4 atom stereocenters. The van der Waals surface area contributed by atoms with Gasteiger partial charge in [0.2, 0.25) is 5.91 Å². The number of benzene rings is 2. The third kappa shape index (κ3) is 5.37. The van der Waals surface area contributed by atoms with Crippen molar-refractivity contribution in [1.82, 2.24) is 10.6 Å². The molecule has 11 heteroatoms. The van der Waals surface area contributed by atoms with Gasteiger partial charge in [0, 0.05) is 18.5 Å². The number of ether oxygens (including phenoxy) is 1. The maximum absolute atomic E-state index is 13.7. The number of nitrogens with one attached hydrogen (secondary N) is 2. The van der Waals surface area contributed by atoms with Crippen molar-refractivity contribution in [3.63, 3.8) is 0 Å². The van der Waals surface area contributed by atoms with Gasteiger partial charge in [0.05, 0.1) is 23.1 Å². The standard InChI is InChI=1S/C24H21F6N3O2/c25-23(26,27)20-9-14(1-2-15(20)11-31)19-10-16(33-21(19)24(28,29)30)12-35-17-5-3-13(4-6-17)18-7-8-32-22(18)34/h1-6,9,16,18-19,21,33H,7-8,10,12H2,(H,32,34). The fraction of sp³-hybridized carbons (Fsp3) is 0.417. The first-order valence-corrected chi connectivity index (χ1v) is 10.9. The van der Waals surface area contributed by atoms with Gasteiger partial charge in [-0.15, -0.1) is 0 Å². The lowest BCUT2D eigenvalue weighted by atomic mass is 9.88. The van der Waals surface area contributed by atoms with Crippen molar-refractivity contribution in [3.8, 4) is 11.8 Å². The van der Waals surface area contributed by atoms with Crippen LogP contribution in [0, 0.1) is 11.3 Å². The lowest BCUT2D eigenvalue weighted by molar-refractivity contribution is -0.156. The Kier molecular flexibility index (Phi) is 6.68. The topological polar surface area (TPSA) is 74.1 Å². The van der Waals surface area contributed by atoms with Crippen LogP contribution in [-0.4, -0.2) is 37.3 Å². The molecular weight excluding hydrogens is 476 g/mol. The Morgan fingerprint density at radius 1 is 1.03 bits per heavy atom. The first-order chi connectivity index (χ1) is 16.5.